The molecule has 1 atom stereocenters. The molecule has 2 N–H and O–H groups in total. The molecule has 2 amide bonds. The first-order chi connectivity index (χ1) is 13.9. The van der Waals surface area contributed by atoms with Crippen LogP contribution in [0, 0.1) is 11.3 Å². The molecular formula is C22H21F2N3O2. The number of nitrogens with zero attached hydrogens (tertiary/aromatic N) is 1. The van der Waals surface area contributed by atoms with Gasteiger partial charge in [-0.1, -0.05) is 48.9 Å². The Labute approximate surface area is 167 Å². The molecule has 29 heavy (non-hydrogen) atoms. The summed E-state index contributed by atoms with van der Waals surface area (Å²) in [6.45, 7) is -0.404. The molecule has 1 aliphatic carbocycles. The van der Waals surface area contributed by atoms with Crippen molar-refractivity contribution < 1.29 is 18.4 Å². The highest BCUT2D eigenvalue weighted by molar-refractivity contribution is 6.00. The van der Waals surface area contributed by atoms with E-state index in [-0.39, 0.29) is 18.4 Å². The van der Waals surface area contributed by atoms with E-state index in [1.165, 1.54) is 0 Å². The third-order valence-electron chi connectivity index (χ3n) is 5.21. The lowest BCUT2D eigenvalue weighted by atomic mass is 9.77. The third-order valence-corrected chi connectivity index (χ3v) is 5.21. The molecule has 1 aliphatic rings. The van der Waals surface area contributed by atoms with Crippen molar-refractivity contribution in [1.82, 2.24) is 10.6 Å². The number of amides is 2. The second-order valence-electron chi connectivity index (χ2n) is 7.06. The summed E-state index contributed by atoms with van der Waals surface area (Å²) in [6, 6.07) is 17.8. The summed E-state index contributed by atoms with van der Waals surface area (Å²) < 4.78 is 29.6. The molecule has 7 heteroatoms. The number of hydrogen-bond donors (Lipinski definition) is 2. The van der Waals surface area contributed by atoms with Crippen molar-refractivity contribution in [2.75, 3.05) is 6.54 Å². The Hall–Kier alpha value is -3.27. The van der Waals surface area contributed by atoms with Crippen LogP contribution in [0.4, 0.5) is 8.78 Å². The van der Waals surface area contributed by atoms with Crippen LogP contribution in [0.5, 0.6) is 0 Å². The highest BCUT2D eigenvalue weighted by Crippen LogP contribution is 2.42. The average Bonchev–Trinajstić information content (AvgIpc) is 2.74. The summed E-state index contributed by atoms with van der Waals surface area (Å²) >= 11 is 0. The van der Waals surface area contributed by atoms with Gasteiger partial charge >= 0.3 is 0 Å². The number of hydrogen-bond acceptors (Lipinski definition) is 3. The Bertz CT molecular complexity index is 923. The molecule has 0 radical (unpaired) electrons. The smallest absolute Gasteiger partial charge is 0.279 e. The van der Waals surface area contributed by atoms with Crippen molar-refractivity contribution in [3.8, 4) is 17.2 Å². The van der Waals surface area contributed by atoms with Crippen LogP contribution in [-0.2, 0) is 4.79 Å². The van der Waals surface area contributed by atoms with Crippen LogP contribution >= 0.6 is 0 Å². The van der Waals surface area contributed by atoms with Gasteiger partial charge in [-0.25, -0.2) is 8.78 Å². The standard InChI is InChI=1S/C22H21F2N3O2/c23-22(24)13-5-4-12-21(22,20(29)26-15-14-25)27-19(28)18-10-8-17(9-11-18)16-6-2-1-3-7-16/h1-3,6-11H,4-5,12-13,15H2,(H,26,29)(H,27,28)/t21-/m1/s1. The molecule has 5 nitrogen and oxygen atoms in total. The number of carbonyl (C=O) groups is 2. The van der Waals surface area contributed by atoms with Crippen LogP contribution in [0.1, 0.15) is 36.0 Å². The topological polar surface area (TPSA) is 82.0 Å². The first-order valence-corrected chi connectivity index (χ1v) is 9.41. The van der Waals surface area contributed by atoms with Crippen molar-refractivity contribution in [2.45, 2.75) is 37.1 Å². The fraction of sp³-hybridized carbons (Fsp3) is 0.318. The number of halogens is 2. The van der Waals surface area contributed by atoms with Crippen LogP contribution in [0.25, 0.3) is 11.1 Å². The van der Waals surface area contributed by atoms with Gasteiger partial charge < -0.3 is 10.6 Å². The van der Waals surface area contributed by atoms with E-state index < -0.39 is 36.2 Å². The Morgan fingerprint density at radius 1 is 0.966 bits per heavy atom. The first-order valence-electron chi connectivity index (χ1n) is 9.41. The van der Waals surface area contributed by atoms with E-state index in [1.54, 1.807) is 30.3 Å². The number of nitriles is 1. The summed E-state index contributed by atoms with van der Waals surface area (Å²) in [5.41, 5.74) is -0.340. The maximum atomic E-state index is 14.8. The zero-order chi connectivity index (χ0) is 20.9. The van der Waals surface area contributed by atoms with E-state index in [1.807, 2.05) is 30.3 Å². The highest BCUT2D eigenvalue weighted by Gasteiger charge is 2.60. The van der Waals surface area contributed by atoms with Gasteiger partial charge in [0.05, 0.1) is 6.07 Å². The SMILES string of the molecule is N#CCNC(=O)[C@]1(NC(=O)c2ccc(-c3ccccc3)cc2)CCCCC1(F)F. The molecule has 0 heterocycles. The lowest BCUT2D eigenvalue weighted by Gasteiger charge is -2.42. The van der Waals surface area contributed by atoms with Crippen molar-refractivity contribution in [3.05, 3.63) is 60.2 Å². The molecule has 1 saturated carbocycles. The van der Waals surface area contributed by atoms with Gasteiger partial charge in [0, 0.05) is 12.0 Å². The molecule has 1 fully saturated rings. The maximum Gasteiger partial charge on any atom is 0.279 e. The number of rotatable bonds is 5. The van der Waals surface area contributed by atoms with Crippen LogP contribution in [0.3, 0.4) is 0 Å². The fourth-order valence-corrected chi connectivity index (χ4v) is 3.61. The zero-order valence-corrected chi connectivity index (χ0v) is 15.8. The largest absolute Gasteiger partial charge is 0.341 e. The summed E-state index contributed by atoms with van der Waals surface area (Å²) in [4.78, 5) is 25.3. The van der Waals surface area contributed by atoms with Crippen molar-refractivity contribution >= 4 is 11.8 Å². The normalized spacial score (nSPS) is 20.3. The Morgan fingerprint density at radius 2 is 1.59 bits per heavy atom. The molecule has 0 bridgehead atoms. The second kappa shape index (κ2) is 8.39. The minimum atomic E-state index is -3.41. The monoisotopic (exact) mass is 397 g/mol. The minimum absolute atomic E-state index is 0.179. The van der Waals surface area contributed by atoms with E-state index >= 15 is 0 Å². The van der Waals surface area contributed by atoms with E-state index in [2.05, 4.69) is 10.6 Å². The van der Waals surface area contributed by atoms with Gasteiger partial charge in [0.2, 0.25) is 0 Å². The Morgan fingerprint density at radius 3 is 2.21 bits per heavy atom. The molecule has 150 valence electrons. The molecular weight excluding hydrogens is 376 g/mol. The predicted octanol–water partition coefficient (Wildman–Crippen LogP) is 3.67. The molecule has 0 unspecified atom stereocenters. The van der Waals surface area contributed by atoms with Crippen molar-refractivity contribution in [2.24, 2.45) is 0 Å². The molecule has 0 spiro atoms. The van der Waals surface area contributed by atoms with Crippen molar-refractivity contribution in [1.29, 1.82) is 5.26 Å². The number of alkyl halides is 2. The van der Waals surface area contributed by atoms with Gasteiger partial charge in [-0.3, -0.25) is 9.59 Å². The van der Waals surface area contributed by atoms with Crippen LogP contribution in [0.15, 0.2) is 54.6 Å². The third kappa shape index (κ3) is 4.11. The highest BCUT2D eigenvalue weighted by atomic mass is 19.3. The summed E-state index contributed by atoms with van der Waals surface area (Å²) in [7, 11) is 0. The number of benzene rings is 2. The Balaban J connectivity index is 1.85. The van der Waals surface area contributed by atoms with Gasteiger partial charge in [0.1, 0.15) is 6.54 Å². The van der Waals surface area contributed by atoms with Crippen LogP contribution in [-0.4, -0.2) is 29.8 Å². The lowest BCUT2D eigenvalue weighted by molar-refractivity contribution is -0.155. The van der Waals surface area contributed by atoms with Gasteiger partial charge in [-0.2, -0.15) is 5.26 Å². The van der Waals surface area contributed by atoms with Crippen molar-refractivity contribution in [3.63, 3.8) is 0 Å². The first kappa shape index (κ1) is 20.5. The van der Waals surface area contributed by atoms with Crippen LogP contribution in [0.2, 0.25) is 0 Å². The van der Waals surface area contributed by atoms with Gasteiger partial charge in [0.15, 0.2) is 5.54 Å². The van der Waals surface area contributed by atoms with Gasteiger partial charge in [-0.15, -0.1) is 0 Å². The van der Waals surface area contributed by atoms with E-state index in [9.17, 15) is 18.4 Å². The molecule has 0 aliphatic heterocycles. The minimum Gasteiger partial charge on any atom is -0.341 e. The maximum absolute atomic E-state index is 14.8. The fourth-order valence-electron chi connectivity index (χ4n) is 3.61. The van der Waals surface area contributed by atoms with E-state index in [0.29, 0.717) is 6.42 Å². The molecule has 0 aromatic heterocycles. The molecule has 2 aromatic rings. The summed E-state index contributed by atoms with van der Waals surface area (Å²) in [6.07, 6.45) is -0.0456. The lowest BCUT2D eigenvalue weighted by Crippen LogP contribution is -2.69. The summed E-state index contributed by atoms with van der Waals surface area (Å²) in [5.74, 6) is -5.19. The number of nitrogens with one attached hydrogen (secondary N) is 2. The molecule has 2 aromatic carbocycles. The average molecular weight is 397 g/mol. The van der Waals surface area contributed by atoms with E-state index in [4.69, 9.17) is 5.26 Å². The molecule has 0 saturated heterocycles. The van der Waals surface area contributed by atoms with E-state index in [0.717, 1.165) is 11.1 Å². The second-order valence-corrected chi connectivity index (χ2v) is 7.06. The Kier molecular flexibility index (Phi) is 5.92. The quantitative estimate of drug-likeness (QED) is 0.756. The predicted molar refractivity (Wildman–Crippen MR) is 104 cm³/mol. The zero-order valence-electron chi connectivity index (χ0n) is 15.8. The number of carbonyl (C=O) groups excluding carboxylic acids is 2. The molecule has 3 rings (SSSR count). The van der Waals surface area contributed by atoms with Crippen LogP contribution < -0.4 is 10.6 Å². The van der Waals surface area contributed by atoms with Gasteiger partial charge in [-0.05, 0) is 36.1 Å². The van der Waals surface area contributed by atoms with Gasteiger partial charge in [0.25, 0.3) is 17.7 Å². The summed E-state index contributed by atoms with van der Waals surface area (Å²) in [5, 5.41) is 13.2.